The number of H-pyrrole nitrogens is 1. The third-order valence-corrected chi connectivity index (χ3v) is 3.58. The Bertz CT molecular complexity index is 524. The van der Waals surface area contributed by atoms with Crippen LogP contribution >= 0.6 is 0 Å². The second-order valence-corrected chi connectivity index (χ2v) is 6.65. The molecule has 0 spiro atoms. The molecule has 2 amide bonds. The summed E-state index contributed by atoms with van der Waals surface area (Å²) < 4.78 is 5.15. The standard InChI is InChI=1S/C15H25N5O3/c1-15(2,3)23-14(22)16-8-7-12(21)20-9-5-4-6-11(20)13-17-10-18-19-13/h10-11H,4-9H2,1-3H3,(H,16,22)(H,17,18,19). The first-order chi connectivity index (χ1) is 10.9. The number of amides is 2. The number of nitrogens with one attached hydrogen (secondary N) is 2. The summed E-state index contributed by atoms with van der Waals surface area (Å²) in [5.41, 5.74) is -0.543. The minimum Gasteiger partial charge on any atom is -0.444 e. The molecule has 1 unspecified atom stereocenters. The van der Waals surface area contributed by atoms with Gasteiger partial charge in [0.1, 0.15) is 17.8 Å². The lowest BCUT2D eigenvalue weighted by atomic mass is 10.0. The van der Waals surface area contributed by atoms with Crippen LogP contribution in [0, 0.1) is 0 Å². The molecule has 1 fully saturated rings. The largest absolute Gasteiger partial charge is 0.444 e. The Kier molecular flexibility index (Phi) is 5.57. The molecule has 8 heteroatoms. The molecule has 1 saturated heterocycles. The van der Waals surface area contributed by atoms with E-state index in [9.17, 15) is 9.59 Å². The quantitative estimate of drug-likeness (QED) is 0.879. The Labute approximate surface area is 136 Å². The average Bonchev–Trinajstić information content (AvgIpc) is 2.99. The highest BCUT2D eigenvalue weighted by Gasteiger charge is 2.29. The fourth-order valence-electron chi connectivity index (χ4n) is 2.62. The number of ether oxygens (including phenoxy) is 1. The molecule has 1 aromatic rings. The number of aromatic amines is 1. The second-order valence-electron chi connectivity index (χ2n) is 6.65. The van der Waals surface area contributed by atoms with E-state index in [1.165, 1.54) is 6.33 Å². The van der Waals surface area contributed by atoms with Crippen molar-refractivity contribution in [3.05, 3.63) is 12.2 Å². The van der Waals surface area contributed by atoms with Crippen molar-refractivity contribution in [2.45, 2.75) is 58.1 Å². The zero-order valence-corrected chi connectivity index (χ0v) is 14.0. The van der Waals surface area contributed by atoms with Gasteiger partial charge in [-0.1, -0.05) is 0 Å². The first-order valence-electron chi connectivity index (χ1n) is 7.98. The van der Waals surface area contributed by atoms with E-state index in [-0.39, 0.29) is 24.9 Å². The first-order valence-corrected chi connectivity index (χ1v) is 7.98. The third-order valence-electron chi connectivity index (χ3n) is 3.58. The number of piperidine rings is 1. The Morgan fingerprint density at radius 2 is 2.22 bits per heavy atom. The van der Waals surface area contributed by atoms with Crippen molar-refractivity contribution in [3.63, 3.8) is 0 Å². The van der Waals surface area contributed by atoms with Gasteiger partial charge >= 0.3 is 6.09 Å². The zero-order valence-electron chi connectivity index (χ0n) is 14.0. The highest BCUT2D eigenvalue weighted by molar-refractivity contribution is 5.77. The van der Waals surface area contributed by atoms with E-state index in [2.05, 4.69) is 20.5 Å². The van der Waals surface area contributed by atoms with Gasteiger partial charge < -0.3 is 15.0 Å². The molecule has 2 rings (SSSR count). The highest BCUT2D eigenvalue weighted by atomic mass is 16.6. The van der Waals surface area contributed by atoms with Crippen LogP contribution in [0.25, 0.3) is 0 Å². The molecule has 1 aliphatic heterocycles. The lowest BCUT2D eigenvalue weighted by Gasteiger charge is -2.34. The average molecular weight is 323 g/mol. The monoisotopic (exact) mass is 323 g/mol. The van der Waals surface area contributed by atoms with Gasteiger partial charge in [0.2, 0.25) is 5.91 Å². The van der Waals surface area contributed by atoms with Gasteiger partial charge in [-0.25, -0.2) is 9.78 Å². The van der Waals surface area contributed by atoms with Crippen LogP contribution in [0.1, 0.15) is 58.3 Å². The summed E-state index contributed by atoms with van der Waals surface area (Å²) in [6, 6.07) is -0.0553. The van der Waals surface area contributed by atoms with Crippen LogP contribution in [0.15, 0.2) is 6.33 Å². The van der Waals surface area contributed by atoms with Crippen molar-refractivity contribution in [1.29, 1.82) is 0 Å². The molecule has 1 aromatic heterocycles. The van der Waals surface area contributed by atoms with E-state index in [1.807, 2.05) is 4.90 Å². The van der Waals surface area contributed by atoms with Crippen LogP contribution in [0.2, 0.25) is 0 Å². The molecular weight excluding hydrogens is 298 g/mol. The lowest BCUT2D eigenvalue weighted by Crippen LogP contribution is -2.41. The molecule has 1 aliphatic rings. The van der Waals surface area contributed by atoms with Gasteiger partial charge in [-0.15, -0.1) is 0 Å². The first kappa shape index (κ1) is 17.2. The molecule has 2 N–H and O–H groups in total. The number of likely N-dealkylation sites (tertiary alicyclic amines) is 1. The molecule has 0 aromatic carbocycles. The van der Waals surface area contributed by atoms with Gasteiger partial charge in [-0.2, -0.15) is 5.10 Å². The number of hydrogen-bond donors (Lipinski definition) is 2. The molecule has 0 radical (unpaired) electrons. The molecule has 1 atom stereocenters. The number of carbonyl (C=O) groups excluding carboxylic acids is 2. The highest BCUT2D eigenvalue weighted by Crippen LogP contribution is 2.28. The van der Waals surface area contributed by atoms with Crippen molar-refractivity contribution in [2.75, 3.05) is 13.1 Å². The Morgan fingerprint density at radius 3 is 2.87 bits per heavy atom. The van der Waals surface area contributed by atoms with Crippen molar-refractivity contribution >= 4 is 12.0 Å². The van der Waals surface area contributed by atoms with Crippen LogP contribution in [0.3, 0.4) is 0 Å². The lowest BCUT2D eigenvalue weighted by molar-refractivity contribution is -0.135. The van der Waals surface area contributed by atoms with Crippen LogP contribution < -0.4 is 5.32 Å². The van der Waals surface area contributed by atoms with Gasteiger partial charge in [0.05, 0.1) is 6.04 Å². The molecule has 8 nitrogen and oxygen atoms in total. The molecule has 2 heterocycles. The maximum Gasteiger partial charge on any atom is 0.407 e. The number of nitrogens with zero attached hydrogens (tertiary/aromatic N) is 3. The van der Waals surface area contributed by atoms with Crippen molar-refractivity contribution in [3.8, 4) is 0 Å². The van der Waals surface area contributed by atoms with E-state index < -0.39 is 11.7 Å². The van der Waals surface area contributed by atoms with E-state index in [1.54, 1.807) is 20.8 Å². The molecule has 23 heavy (non-hydrogen) atoms. The van der Waals surface area contributed by atoms with Gasteiger partial charge in [0, 0.05) is 19.5 Å². The predicted molar refractivity (Wildman–Crippen MR) is 83.5 cm³/mol. The normalized spacial score (nSPS) is 18.6. The van der Waals surface area contributed by atoms with Crippen LogP contribution in [-0.4, -0.2) is 50.8 Å². The minimum absolute atomic E-state index is 0.00200. The molecule has 0 bridgehead atoms. The predicted octanol–water partition coefficient (Wildman–Crippen LogP) is 1.77. The second kappa shape index (κ2) is 7.43. The van der Waals surface area contributed by atoms with E-state index >= 15 is 0 Å². The fraction of sp³-hybridized carbons (Fsp3) is 0.733. The fourth-order valence-corrected chi connectivity index (χ4v) is 2.62. The van der Waals surface area contributed by atoms with Crippen LogP contribution in [-0.2, 0) is 9.53 Å². The van der Waals surface area contributed by atoms with Gasteiger partial charge in [-0.05, 0) is 40.0 Å². The number of rotatable bonds is 4. The zero-order chi connectivity index (χ0) is 16.9. The minimum atomic E-state index is -0.543. The van der Waals surface area contributed by atoms with Gasteiger partial charge in [0.15, 0.2) is 0 Å². The Morgan fingerprint density at radius 1 is 1.43 bits per heavy atom. The summed E-state index contributed by atoms with van der Waals surface area (Å²) in [4.78, 5) is 30.0. The van der Waals surface area contributed by atoms with Gasteiger partial charge in [0.25, 0.3) is 0 Å². The maximum atomic E-state index is 12.4. The summed E-state index contributed by atoms with van der Waals surface area (Å²) in [6.07, 6.45) is 4.11. The van der Waals surface area contributed by atoms with Gasteiger partial charge in [-0.3, -0.25) is 9.89 Å². The number of aromatic nitrogens is 3. The number of carbonyl (C=O) groups is 2. The Balaban J connectivity index is 1.83. The van der Waals surface area contributed by atoms with E-state index in [0.717, 1.165) is 25.1 Å². The third kappa shape index (κ3) is 5.22. The van der Waals surface area contributed by atoms with E-state index in [0.29, 0.717) is 6.54 Å². The summed E-state index contributed by atoms with van der Waals surface area (Å²) in [5.74, 6) is 0.723. The SMILES string of the molecule is CC(C)(C)OC(=O)NCCC(=O)N1CCCCC1c1ncn[nH]1. The molecule has 0 aliphatic carbocycles. The molecule has 0 saturated carbocycles. The van der Waals surface area contributed by atoms with Crippen molar-refractivity contribution in [2.24, 2.45) is 0 Å². The van der Waals surface area contributed by atoms with Crippen LogP contribution in [0.4, 0.5) is 4.79 Å². The number of alkyl carbamates (subject to hydrolysis) is 1. The molecule has 128 valence electrons. The van der Waals surface area contributed by atoms with Crippen molar-refractivity contribution < 1.29 is 14.3 Å². The summed E-state index contributed by atoms with van der Waals surface area (Å²) in [5, 5.41) is 9.32. The smallest absolute Gasteiger partial charge is 0.407 e. The topological polar surface area (TPSA) is 100 Å². The summed E-state index contributed by atoms with van der Waals surface area (Å²) >= 11 is 0. The summed E-state index contributed by atoms with van der Waals surface area (Å²) in [7, 11) is 0. The van der Waals surface area contributed by atoms with E-state index in [4.69, 9.17) is 4.74 Å². The maximum absolute atomic E-state index is 12.4. The number of hydrogen-bond acceptors (Lipinski definition) is 5. The van der Waals surface area contributed by atoms with Crippen LogP contribution in [0.5, 0.6) is 0 Å². The summed E-state index contributed by atoms with van der Waals surface area (Å²) in [6.45, 7) is 6.36. The van der Waals surface area contributed by atoms with Crippen molar-refractivity contribution in [1.82, 2.24) is 25.4 Å². The molecular formula is C15H25N5O3. The Hall–Kier alpha value is -2.12.